The van der Waals surface area contributed by atoms with Crippen LogP contribution in [0.5, 0.6) is 0 Å². The molecule has 0 aromatic carbocycles. The Morgan fingerprint density at radius 1 is 1.17 bits per heavy atom. The molecule has 0 aliphatic carbocycles. The molecule has 2 saturated heterocycles. The van der Waals surface area contributed by atoms with Gasteiger partial charge in [-0.25, -0.2) is 0 Å². The average molecular weight is 255 g/mol. The standard InChI is InChI=1S/C13H25N3O2/c14-3-4-15-5-7-16(8-6-15)13(17)11-12-1-9-18-10-2-12/h12H,1-11,14H2. The van der Waals surface area contributed by atoms with Gasteiger partial charge in [-0.2, -0.15) is 0 Å². The summed E-state index contributed by atoms with van der Waals surface area (Å²) in [7, 11) is 0. The van der Waals surface area contributed by atoms with Crippen molar-refractivity contribution in [3.05, 3.63) is 0 Å². The van der Waals surface area contributed by atoms with E-state index < -0.39 is 0 Å². The van der Waals surface area contributed by atoms with Gasteiger partial charge in [-0.1, -0.05) is 0 Å². The Hall–Kier alpha value is -0.650. The third kappa shape index (κ3) is 3.93. The molecule has 0 aromatic rings. The van der Waals surface area contributed by atoms with Gasteiger partial charge in [-0.05, 0) is 18.8 Å². The van der Waals surface area contributed by atoms with Gasteiger partial charge in [0.05, 0.1) is 0 Å². The van der Waals surface area contributed by atoms with Gasteiger partial charge in [0, 0.05) is 58.9 Å². The smallest absolute Gasteiger partial charge is 0.222 e. The number of piperazine rings is 1. The van der Waals surface area contributed by atoms with E-state index in [2.05, 4.69) is 4.90 Å². The predicted octanol–water partition coefficient (Wildman–Crippen LogP) is -0.0940. The van der Waals surface area contributed by atoms with Crippen molar-refractivity contribution in [2.24, 2.45) is 11.7 Å². The summed E-state index contributed by atoms with van der Waals surface area (Å²) in [6.45, 7) is 6.96. The molecular formula is C13H25N3O2. The number of nitrogens with two attached hydrogens (primary N) is 1. The van der Waals surface area contributed by atoms with E-state index in [1.54, 1.807) is 0 Å². The molecule has 0 aromatic heterocycles. The van der Waals surface area contributed by atoms with Crippen LogP contribution in [-0.2, 0) is 9.53 Å². The van der Waals surface area contributed by atoms with Crippen molar-refractivity contribution in [2.75, 3.05) is 52.5 Å². The molecule has 0 radical (unpaired) electrons. The molecule has 0 bridgehead atoms. The van der Waals surface area contributed by atoms with E-state index in [1.807, 2.05) is 4.90 Å². The minimum absolute atomic E-state index is 0.328. The lowest BCUT2D eigenvalue weighted by molar-refractivity contribution is -0.134. The van der Waals surface area contributed by atoms with Crippen LogP contribution in [0.3, 0.4) is 0 Å². The lowest BCUT2D eigenvalue weighted by Crippen LogP contribution is -2.50. The first-order valence-corrected chi connectivity index (χ1v) is 7.07. The second-order valence-electron chi connectivity index (χ2n) is 5.27. The van der Waals surface area contributed by atoms with Gasteiger partial charge in [0.15, 0.2) is 0 Å². The molecule has 2 fully saturated rings. The minimum Gasteiger partial charge on any atom is -0.381 e. The maximum atomic E-state index is 12.2. The Labute approximate surface area is 109 Å². The predicted molar refractivity (Wildman–Crippen MR) is 70.2 cm³/mol. The number of hydrogen-bond acceptors (Lipinski definition) is 4. The summed E-state index contributed by atoms with van der Waals surface area (Å²) in [5.41, 5.74) is 5.54. The maximum Gasteiger partial charge on any atom is 0.222 e. The van der Waals surface area contributed by atoms with Gasteiger partial charge < -0.3 is 15.4 Å². The molecule has 1 amide bonds. The zero-order valence-electron chi connectivity index (χ0n) is 11.1. The van der Waals surface area contributed by atoms with Crippen molar-refractivity contribution >= 4 is 5.91 Å². The van der Waals surface area contributed by atoms with E-state index >= 15 is 0 Å². The summed E-state index contributed by atoms with van der Waals surface area (Å²) in [6, 6.07) is 0. The van der Waals surface area contributed by atoms with Crippen LogP contribution in [0, 0.1) is 5.92 Å². The largest absolute Gasteiger partial charge is 0.381 e. The van der Waals surface area contributed by atoms with Gasteiger partial charge in [0.25, 0.3) is 0 Å². The molecule has 0 spiro atoms. The second-order valence-corrected chi connectivity index (χ2v) is 5.27. The van der Waals surface area contributed by atoms with Crippen molar-refractivity contribution in [1.29, 1.82) is 0 Å². The Morgan fingerprint density at radius 2 is 1.83 bits per heavy atom. The van der Waals surface area contributed by atoms with Crippen LogP contribution < -0.4 is 5.73 Å². The van der Waals surface area contributed by atoms with E-state index in [1.165, 1.54) is 0 Å². The highest BCUT2D eigenvalue weighted by atomic mass is 16.5. The molecule has 18 heavy (non-hydrogen) atoms. The zero-order chi connectivity index (χ0) is 12.8. The van der Waals surface area contributed by atoms with E-state index in [-0.39, 0.29) is 0 Å². The van der Waals surface area contributed by atoms with Crippen LogP contribution in [-0.4, -0.2) is 68.2 Å². The second kappa shape index (κ2) is 7.07. The first-order chi connectivity index (χ1) is 8.79. The Balaban J connectivity index is 1.70. The van der Waals surface area contributed by atoms with E-state index in [4.69, 9.17) is 10.5 Å². The van der Waals surface area contributed by atoms with Crippen molar-refractivity contribution in [2.45, 2.75) is 19.3 Å². The molecule has 5 nitrogen and oxygen atoms in total. The van der Waals surface area contributed by atoms with Crippen LogP contribution in [0.1, 0.15) is 19.3 Å². The number of amides is 1. The SMILES string of the molecule is NCCN1CCN(C(=O)CC2CCOCC2)CC1. The number of ether oxygens (including phenoxy) is 1. The molecule has 104 valence electrons. The molecule has 2 aliphatic rings. The summed E-state index contributed by atoms with van der Waals surface area (Å²) < 4.78 is 5.32. The lowest BCUT2D eigenvalue weighted by atomic mass is 9.96. The van der Waals surface area contributed by atoms with Crippen molar-refractivity contribution in [3.63, 3.8) is 0 Å². The van der Waals surface area contributed by atoms with E-state index in [0.717, 1.165) is 58.8 Å². The highest BCUT2D eigenvalue weighted by Crippen LogP contribution is 2.19. The Morgan fingerprint density at radius 3 is 2.44 bits per heavy atom. The summed E-state index contributed by atoms with van der Waals surface area (Å²) in [5, 5.41) is 0. The molecule has 0 unspecified atom stereocenters. The molecule has 0 atom stereocenters. The average Bonchev–Trinajstić information content (AvgIpc) is 2.41. The van der Waals surface area contributed by atoms with Crippen molar-refractivity contribution in [1.82, 2.24) is 9.80 Å². The Bertz CT molecular complexity index is 259. The van der Waals surface area contributed by atoms with Gasteiger partial charge in [0.2, 0.25) is 5.91 Å². The van der Waals surface area contributed by atoms with Crippen molar-refractivity contribution in [3.8, 4) is 0 Å². The van der Waals surface area contributed by atoms with Gasteiger partial charge in [0.1, 0.15) is 0 Å². The van der Waals surface area contributed by atoms with Crippen LogP contribution in [0.25, 0.3) is 0 Å². The monoisotopic (exact) mass is 255 g/mol. The summed E-state index contributed by atoms with van der Waals surface area (Å²) in [4.78, 5) is 16.5. The van der Waals surface area contributed by atoms with Crippen LogP contribution >= 0.6 is 0 Å². The van der Waals surface area contributed by atoms with Crippen molar-refractivity contribution < 1.29 is 9.53 Å². The van der Waals surface area contributed by atoms with Crippen LogP contribution in [0.15, 0.2) is 0 Å². The molecular weight excluding hydrogens is 230 g/mol. The fourth-order valence-corrected chi connectivity index (χ4v) is 2.73. The third-order valence-corrected chi connectivity index (χ3v) is 3.97. The lowest BCUT2D eigenvalue weighted by Gasteiger charge is -2.35. The van der Waals surface area contributed by atoms with Gasteiger partial charge in [-0.15, -0.1) is 0 Å². The first kappa shape index (κ1) is 13.8. The fraction of sp³-hybridized carbons (Fsp3) is 0.923. The highest BCUT2D eigenvalue weighted by Gasteiger charge is 2.24. The third-order valence-electron chi connectivity index (χ3n) is 3.97. The fourth-order valence-electron chi connectivity index (χ4n) is 2.73. The summed E-state index contributed by atoms with van der Waals surface area (Å²) in [6.07, 6.45) is 2.79. The molecule has 2 N–H and O–H groups in total. The minimum atomic E-state index is 0.328. The first-order valence-electron chi connectivity index (χ1n) is 7.07. The van der Waals surface area contributed by atoms with Crippen LogP contribution in [0.2, 0.25) is 0 Å². The maximum absolute atomic E-state index is 12.2. The normalized spacial score (nSPS) is 23.3. The molecule has 5 heteroatoms. The Kier molecular flexibility index (Phi) is 5.41. The summed E-state index contributed by atoms with van der Waals surface area (Å²) in [5.74, 6) is 0.864. The number of rotatable bonds is 4. The topological polar surface area (TPSA) is 58.8 Å². The van der Waals surface area contributed by atoms with Gasteiger partial charge in [-0.3, -0.25) is 9.69 Å². The van der Waals surface area contributed by atoms with E-state index in [9.17, 15) is 4.79 Å². The molecule has 2 rings (SSSR count). The number of carbonyl (C=O) groups is 1. The summed E-state index contributed by atoms with van der Waals surface area (Å²) >= 11 is 0. The highest BCUT2D eigenvalue weighted by molar-refractivity contribution is 5.76. The number of hydrogen-bond donors (Lipinski definition) is 1. The molecule has 2 aliphatic heterocycles. The number of nitrogens with zero attached hydrogens (tertiary/aromatic N) is 2. The molecule has 2 heterocycles. The zero-order valence-corrected chi connectivity index (χ0v) is 11.1. The van der Waals surface area contributed by atoms with Crippen LogP contribution in [0.4, 0.5) is 0 Å². The quantitative estimate of drug-likeness (QED) is 0.762. The van der Waals surface area contributed by atoms with E-state index in [0.29, 0.717) is 24.8 Å². The number of carbonyl (C=O) groups excluding carboxylic acids is 1. The molecule has 0 saturated carbocycles. The van der Waals surface area contributed by atoms with Gasteiger partial charge >= 0.3 is 0 Å².